The fourth-order valence-electron chi connectivity index (χ4n) is 4.52. The quantitative estimate of drug-likeness (QED) is 0.176. The summed E-state index contributed by atoms with van der Waals surface area (Å²) in [5.74, 6) is 0. The summed E-state index contributed by atoms with van der Waals surface area (Å²) in [5.41, 5.74) is 2.20. The van der Waals surface area contributed by atoms with Crippen LogP contribution in [0, 0.1) is 0 Å². The molecule has 0 atom stereocenters. The number of hydrogen-bond acceptors (Lipinski definition) is 3. The minimum Gasteiger partial charge on any atom is -0.744 e. The molecule has 0 unspecified atom stereocenters. The third-order valence-corrected chi connectivity index (χ3v) is 7.32. The number of fused-ring (bicyclic) bond motifs is 1. The number of unbranched alkanes of at least 4 members (excludes halogenated alkanes) is 12. The summed E-state index contributed by atoms with van der Waals surface area (Å²) >= 11 is 0. The fourth-order valence-corrected chi connectivity index (χ4v) is 5.27. The van der Waals surface area contributed by atoms with Crippen molar-refractivity contribution in [3.05, 3.63) is 41.5 Å². The molecule has 0 saturated carbocycles. The molecule has 0 amide bonds. The predicted molar refractivity (Wildman–Crippen MR) is 135 cm³/mol. The maximum atomic E-state index is 11.9. The van der Waals surface area contributed by atoms with Crippen LogP contribution in [0.1, 0.15) is 115 Å². The van der Waals surface area contributed by atoms with Crippen LogP contribution in [0.2, 0.25) is 0 Å². The summed E-state index contributed by atoms with van der Waals surface area (Å²) < 4.78 is 35.8. The zero-order valence-electron chi connectivity index (χ0n) is 20.3. The number of benzene rings is 2. The maximum Gasteiger partial charge on any atom is 0.125 e. The molecular formula is C28H43O3S-. The van der Waals surface area contributed by atoms with Gasteiger partial charge in [-0.3, -0.25) is 0 Å². The minimum absolute atomic E-state index is 0.0598. The first-order valence-corrected chi connectivity index (χ1v) is 14.4. The second-order valence-electron chi connectivity index (χ2n) is 9.35. The van der Waals surface area contributed by atoms with Crippen LogP contribution in [-0.2, 0) is 23.0 Å². The van der Waals surface area contributed by atoms with E-state index in [2.05, 4.69) is 26.0 Å². The Balaban J connectivity index is 2.00. The van der Waals surface area contributed by atoms with Crippen molar-refractivity contribution < 1.29 is 13.0 Å². The van der Waals surface area contributed by atoms with Gasteiger partial charge in [0.25, 0.3) is 0 Å². The Morgan fingerprint density at radius 3 is 1.62 bits per heavy atom. The van der Waals surface area contributed by atoms with Gasteiger partial charge in [0.15, 0.2) is 0 Å². The molecular weight excluding hydrogens is 416 g/mol. The van der Waals surface area contributed by atoms with Gasteiger partial charge >= 0.3 is 0 Å². The molecule has 0 saturated heterocycles. The van der Waals surface area contributed by atoms with Crippen LogP contribution in [-0.4, -0.2) is 13.0 Å². The van der Waals surface area contributed by atoms with Crippen LogP contribution < -0.4 is 0 Å². The molecule has 2 aromatic rings. The molecule has 2 rings (SSSR count). The van der Waals surface area contributed by atoms with Gasteiger partial charge in [0.2, 0.25) is 0 Å². The van der Waals surface area contributed by atoms with Gasteiger partial charge in [-0.15, -0.1) is 0 Å². The smallest absolute Gasteiger partial charge is 0.125 e. The lowest BCUT2D eigenvalue weighted by Crippen LogP contribution is -2.02. The summed E-state index contributed by atoms with van der Waals surface area (Å²) in [6.07, 6.45) is 19.3. The van der Waals surface area contributed by atoms with Crippen LogP contribution in [0.25, 0.3) is 10.8 Å². The SMILES string of the molecule is CCCCCCCCCc1ccc2c(S(=O)(=O)[O-])cc(CCCCCCCCC)cc2c1. The van der Waals surface area contributed by atoms with Gasteiger partial charge in [0.1, 0.15) is 10.1 Å². The lowest BCUT2D eigenvalue weighted by molar-refractivity contribution is 0.464. The lowest BCUT2D eigenvalue weighted by Gasteiger charge is -2.14. The zero-order valence-corrected chi connectivity index (χ0v) is 21.1. The van der Waals surface area contributed by atoms with E-state index in [1.807, 2.05) is 12.1 Å². The molecule has 32 heavy (non-hydrogen) atoms. The van der Waals surface area contributed by atoms with E-state index in [4.69, 9.17) is 0 Å². The van der Waals surface area contributed by atoms with Gasteiger partial charge in [-0.05, 0) is 53.6 Å². The molecule has 0 bridgehead atoms. The molecule has 0 aliphatic heterocycles. The van der Waals surface area contributed by atoms with Crippen LogP contribution in [0.4, 0.5) is 0 Å². The predicted octanol–water partition coefficient (Wildman–Crippen LogP) is 8.33. The van der Waals surface area contributed by atoms with Crippen LogP contribution in [0.15, 0.2) is 35.2 Å². The minimum atomic E-state index is -4.49. The van der Waals surface area contributed by atoms with Crippen LogP contribution in [0.5, 0.6) is 0 Å². The standard InChI is InChI=1S/C28H44O3S/c1-3-5-7-9-11-13-15-17-24-19-20-27-26(21-24)22-25(23-28(27)32(29,30)31)18-16-14-12-10-8-6-4-2/h19-23H,3-18H2,1-2H3,(H,29,30,31)/p-1. The molecule has 0 fully saturated rings. The zero-order chi connectivity index (χ0) is 23.2. The lowest BCUT2D eigenvalue weighted by atomic mass is 9.98. The van der Waals surface area contributed by atoms with Crippen molar-refractivity contribution in [3.8, 4) is 0 Å². The summed E-state index contributed by atoms with van der Waals surface area (Å²) in [6.45, 7) is 4.46. The molecule has 0 aromatic heterocycles. The number of hydrogen-bond donors (Lipinski definition) is 0. The van der Waals surface area contributed by atoms with Gasteiger partial charge in [0, 0.05) is 0 Å². The molecule has 0 heterocycles. The molecule has 2 aromatic carbocycles. The molecule has 3 nitrogen and oxygen atoms in total. The normalized spacial score (nSPS) is 12.0. The van der Waals surface area contributed by atoms with Crippen molar-refractivity contribution in [1.29, 1.82) is 0 Å². The third-order valence-electron chi connectivity index (χ3n) is 6.45. The molecule has 4 heteroatoms. The highest BCUT2D eigenvalue weighted by molar-refractivity contribution is 7.86. The Morgan fingerprint density at radius 1 is 0.625 bits per heavy atom. The van der Waals surface area contributed by atoms with E-state index < -0.39 is 10.1 Å². The van der Waals surface area contributed by atoms with E-state index in [9.17, 15) is 13.0 Å². The first-order valence-electron chi connectivity index (χ1n) is 13.0. The van der Waals surface area contributed by atoms with Gasteiger partial charge in [0.05, 0.1) is 4.90 Å². The van der Waals surface area contributed by atoms with Crippen molar-refractivity contribution in [2.75, 3.05) is 0 Å². The molecule has 0 aliphatic rings. The van der Waals surface area contributed by atoms with Crippen molar-refractivity contribution in [2.24, 2.45) is 0 Å². The summed E-state index contributed by atoms with van der Waals surface area (Å²) in [5, 5.41) is 1.45. The molecule has 180 valence electrons. The van der Waals surface area contributed by atoms with Crippen molar-refractivity contribution in [3.63, 3.8) is 0 Å². The Bertz CT molecular complexity index is 897. The fraction of sp³-hybridized carbons (Fsp3) is 0.643. The van der Waals surface area contributed by atoms with Crippen molar-refractivity contribution >= 4 is 20.9 Å². The monoisotopic (exact) mass is 459 g/mol. The second kappa shape index (κ2) is 14.7. The van der Waals surface area contributed by atoms with Crippen LogP contribution >= 0.6 is 0 Å². The Hall–Kier alpha value is -1.39. The summed E-state index contributed by atoms with van der Waals surface area (Å²) in [4.78, 5) is -0.0598. The Morgan fingerprint density at radius 2 is 1.09 bits per heavy atom. The molecule has 0 N–H and O–H groups in total. The summed E-state index contributed by atoms with van der Waals surface area (Å²) in [7, 11) is -4.49. The largest absolute Gasteiger partial charge is 0.744 e. The maximum absolute atomic E-state index is 11.9. The highest BCUT2D eigenvalue weighted by Gasteiger charge is 2.11. The Kier molecular flexibility index (Phi) is 12.3. The van der Waals surface area contributed by atoms with E-state index in [1.54, 1.807) is 6.07 Å². The van der Waals surface area contributed by atoms with Crippen molar-refractivity contribution in [2.45, 2.75) is 121 Å². The van der Waals surface area contributed by atoms with Crippen LogP contribution in [0.3, 0.4) is 0 Å². The van der Waals surface area contributed by atoms with E-state index in [0.29, 0.717) is 5.39 Å². The first-order chi connectivity index (χ1) is 15.5. The molecule has 0 spiro atoms. The second-order valence-corrected chi connectivity index (χ2v) is 10.7. The average Bonchev–Trinajstić information content (AvgIpc) is 2.76. The first kappa shape index (κ1) is 26.9. The van der Waals surface area contributed by atoms with Gasteiger partial charge in [-0.25, -0.2) is 8.42 Å². The van der Waals surface area contributed by atoms with E-state index in [0.717, 1.165) is 43.1 Å². The topological polar surface area (TPSA) is 57.2 Å². The highest BCUT2D eigenvalue weighted by Crippen LogP contribution is 2.28. The molecule has 0 radical (unpaired) electrons. The van der Waals surface area contributed by atoms with Gasteiger partial charge in [-0.1, -0.05) is 115 Å². The number of rotatable bonds is 17. The van der Waals surface area contributed by atoms with Crippen molar-refractivity contribution in [1.82, 2.24) is 0 Å². The highest BCUT2D eigenvalue weighted by atomic mass is 32.2. The average molecular weight is 460 g/mol. The van der Waals surface area contributed by atoms with E-state index >= 15 is 0 Å². The Labute approximate surface area is 196 Å². The third kappa shape index (κ3) is 9.62. The van der Waals surface area contributed by atoms with Gasteiger partial charge in [-0.2, -0.15) is 0 Å². The number of aryl methyl sites for hydroxylation is 2. The summed E-state index contributed by atoms with van der Waals surface area (Å²) in [6, 6.07) is 9.61. The van der Waals surface area contributed by atoms with E-state index in [-0.39, 0.29) is 4.90 Å². The molecule has 0 aliphatic carbocycles. The van der Waals surface area contributed by atoms with Gasteiger partial charge < -0.3 is 4.55 Å². The van der Waals surface area contributed by atoms with E-state index in [1.165, 1.54) is 76.2 Å².